The molecule has 0 saturated carbocycles. The van der Waals surface area contributed by atoms with Gasteiger partial charge in [-0.25, -0.2) is 22.7 Å². The molecule has 5 aromatic rings. The van der Waals surface area contributed by atoms with E-state index in [0.29, 0.717) is 0 Å². The number of hydrogen-bond acceptors (Lipinski definition) is 1. The van der Waals surface area contributed by atoms with Crippen LogP contribution < -0.4 is 33.6 Å². The van der Waals surface area contributed by atoms with Crippen LogP contribution in [0.15, 0.2) is 140 Å². The molecule has 5 rings (SSSR count). The van der Waals surface area contributed by atoms with Gasteiger partial charge in [0.15, 0.2) is 0 Å². The van der Waals surface area contributed by atoms with Crippen LogP contribution in [0.1, 0.15) is 12.6 Å². The van der Waals surface area contributed by atoms with Crippen molar-refractivity contribution in [1.82, 2.24) is 4.98 Å². The maximum atomic E-state index is 4.04. The summed E-state index contributed by atoms with van der Waals surface area (Å²) in [6.07, 6.45) is 2.76. The van der Waals surface area contributed by atoms with Crippen LogP contribution in [0.25, 0.3) is 0 Å². The SMILES string of the molecule is CCc1[c-]cccn1.[Cl-].[Pd+2].c1ccc(Pc2ccccc2)cc1.c1ccc([P-]c2ccccc2)cc1. The molecule has 0 saturated heterocycles. The second-order valence-electron chi connectivity index (χ2n) is 7.22. The van der Waals surface area contributed by atoms with E-state index in [1.165, 1.54) is 29.8 Å². The predicted molar refractivity (Wildman–Crippen MR) is 152 cm³/mol. The third-order valence-corrected chi connectivity index (χ3v) is 6.96. The summed E-state index contributed by atoms with van der Waals surface area (Å²) in [5.74, 6) is 0. The Morgan fingerprint density at radius 1 is 0.639 bits per heavy atom. The van der Waals surface area contributed by atoms with Crippen LogP contribution >= 0.6 is 17.2 Å². The van der Waals surface area contributed by atoms with Gasteiger partial charge in [-0.05, 0) is 17.0 Å². The number of halogens is 1. The molecule has 0 atom stereocenters. The fourth-order valence-electron chi connectivity index (χ4n) is 2.91. The van der Waals surface area contributed by atoms with Gasteiger partial charge in [0.25, 0.3) is 0 Å². The Bertz CT molecular complexity index is 1010. The normalized spacial score (nSPS) is 9.14. The van der Waals surface area contributed by atoms with E-state index in [1.807, 2.05) is 24.3 Å². The van der Waals surface area contributed by atoms with Gasteiger partial charge >= 0.3 is 20.4 Å². The summed E-state index contributed by atoms with van der Waals surface area (Å²) in [6.45, 7) is 2.07. The zero-order valence-electron chi connectivity index (χ0n) is 20.1. The molecule has 186 valence electrons. The van der Waals surface area contributed by atoms with E-state index in [2.05, 4.69) is 127 Å². The quantitative estimate of drug-likeness (QED) is 0.167. The summed E-state index contributed by atoms with van der Waals surface area (Å²) < 4.78 is 0. The largest absolute Gasteiger partial charge is 2.00 e. The predicted octanol–water partition coefficient (Wildman–Crippen LogP) is 3.35. The third kappa shape index (κ3) is 13.2. The van der Waals surface area contributed by atoms with E-state index < -0.39 is 0 Å². The molecule has 4 aromatic carbocycles. The van der Waals surface area contributed by atoms with Gasteiger partial charge in [0, 0.05) is 0 Å². The summed E-state index contributed by atoms with van der Waals surface area (Å²) in [7, 11) is 2.06. The summed E-state index contributed by atoms with van der Waals surface area (Å²) in [4.78, 5) is 4.04. The molecule has 0 radical (unpaired) electrons. The summed E-state index contributed by atoms with van der Waals surface area (Å²) in [6, 6.07) is 48.9. The van der Waals surface area contributed by atoms with E-state index in [0.717, 1.165) is 20.7 Å². The van der Waals surface area contributed by atoms with Crippen molar-refractivity contribution >= 4 is 38.4 Å². The number of hydrogen-bond donors (Lipinski definition) is 0. The van der Waals surface area contributed by atoms with Crippen molar-refractivity contribution in [3.8, 4) is 0 Å². The van der Waals surface area contributed by atoms with E-state index in [-0.39, 0.29) is 32.8 Å². The van der Waals surface area contributed by atoms with Gasteiger partial charge in [0.1, 0.15) is 0 Å². The second-order valence-corrected chi connectivity index (χ2v) is 9.88. The summed E-state index contributed by atoms with van der Waals surface area (Å²) >= 11 is 0. The molecule has 1 aromatic heterocycles. The molecule has 0 aliphatic heterocycles. The van der Waals surface area contributed by atoms with E-state index in [9.17, 15) is 0 Å². The molecule has 0 bridgehead atoms. The fourth-order valence-corrected chi connectivity index (χ4v) is 4.91. The molecule has 0 N–H and O–H groups in total. The van der Waals surface area contributed by atoms with Gasteiger partial charge < -0.3 is 26.0 Å². The molecule has 0 amide bonds. The van der Waals surface area contributed by atoms with Crippen LogP contribution in [0.4, 0.5) is 0 Å². The van der Waals surface area contributed by atoms with Crippen molar-refractivity contribution in [2.75, 3.05) is 0 Å². The first-order chi connectivity index (χ1) is 16.8. The number of aryl methyl sites for hydroxylation is 1. The Labute approximate surface area is 239 Å². The Morgan fingerprint density at radius 2 is 1.06 bits per heavy atom. The molecule has 1 nitrogen and oxygen atoms in total. The van der Waals surface area contributed by atoms with Crippen LogP contribution in [0.2, 0.25) is 0 Å². The molecule has 0 aliphatic carbocycles. The molecule has 0 fully saturated rings. The van der Waals surface area contributed by atoms with Crippen molar-refractivity contribution in [3.05, 3.63) is 151 Å². The van der Waals surface area contributed by atoms with Gasteiger partial charge in [0.05, 0.1) is 0 Å². The minimum atomic E-state index is 0. The summed E-state index contributed by atoms with van der Waals surface area (Å²) in [5, 5.41) is 5.48. The first-order valence-corrected chi connectivity index (χ1v) is 13.2. The maximum absolute atomic E-state index is 4.04. The minimum absolute atomic E-state index is 0. The number of pyridine rings is 1. The molecular formula is C31H29ClNP2Pd-. The monoisotopic (exact) mass is 618 g/mol. The molecule has 5 heteroatoms. The van der Waals surface area contributed by atoms with Crippen LogP contribution in [0.5, 0.6) is 0 Å². The Kier molecular flexibility index (Phi) is 17.7. The standard InChI is InChI=1S/C12H11P.C12H10P.C7H8N.ClH.Pd/c2*1-3-7-11(8-4-1)13-12-9-5-2-6-10-12;1-2-7-5-3-4-6-8-7;;/h1-10,13H;1-10H;3-4,6H,2H2,1H3;1H;/q;2*-1;;+2/p-1. The number of nitrogens with zero attached hydrogens (tertiary/aromatic N) is 1. The average Bonchev–Trinajstić information content (AvgIpc) is 2.92. The van der Waals surface area contributed by atoms with Gasteiger partial charge in [0.2, 0.25) is 0 Å². The smallest absolute Gasteiger partial charge is 1.00 e. The van der Waals surface area contributed by atoms with Crippen molar-refractivity contribution in [2.45, 2.75) is 13.3 Å². The minimum Gasteiger partial charge on any atom is -1.00 e. The van der Waals surface area contributed by atoms with E-state index in [4.69, 9.17) is 0 Å². The Hall–Kier alpha value is -2.16. The van der Waals surface area contributed by atoms with Crippen LogP contribution in [0.3, 0.4) is 0 Å². The van der Waals surface area contributed by atoms with E-state index in [1.54, 1.807) is 6.20 Å². The van der Waals surface area contributed by atoms with Crippen molar-refractivity contribution in [3.63, 3.8) is 0 Å². The second kappa shape index (κ2) is 20.0. The third-order valence-electron chi connectivity index (χ3n) is 4.60. The molecule has 1 heterocycles. The van der Waals surface area contributed by atoms with Crippen LogP contribution in [-0.2, 0) is 26.8 Å². The van der Waals surface area contributed by atoms with E-state index >= 15 is 0 Å². The van der Waals surface area contributed by atoms with Crippen molar-refractivity contribution in [1.29, 1.82) is 0 Å². The molecule has 0 spiro atoms. The first kappa shape index (κ1) is 31.9. The average molecular weight is 619 g/mol. The first-order valence-electron chi connectivity index (χ1n) is 11.3. The summed E-state index contributed by atoms with van der Waals surface area (Å²) in [5.41, 5.74) is 1.03. The zero-order chi connectivity index (χ0) is 23.7. The molecule has 0 unspecified atom stereocenters. The number of rotatable bonds is 5. The van der Waals surface area contributed by atoms with Crippen LogP contribution in [0, 0.1) is 6.07 Å². The van der Waals surface area contributed by atoms with Gasteiger partial charge in [-0.1, -0.05) is 149 Å². The number of aromatic nitrogens is 1. The Balaban J connectivity index is 0.000000271. The van der Waals surface area contributed by atoms with Gasteiger partial charge in [-0.15, -0.1) is 0 Å². The van der Waals surface area contributed by atoms with Crippen LogP contribution in [-0.4, -0.2) is 4.98 Å². The number of benzene rings is 4. The molecule has 36 heavy (non-hydrogen) atoms. The van der Waals surface area contributed by atoms with Crippen molar-refractivity contribution in [2.24, 2.45) is 0 Å². The maximum Gasteiger partial charge on any atom is 2.00 e. The molecule has 0 aliphatic rings. The van der Waals surface area contributed by atoms with Gasteiger partial charge in [-0.3, -0.25) is 0 Å². The fraction of sp³-hybridized carbons (Fsp3) is 0.0645. The Morgan fingerprint density at radius 3 is 1.39 bits per heavy atom. The zero-order valence-corrected chi connectivity index (χ0v) is 24.3. The molecular weight excluding hydrogens is 590 g/mol. The van der Waals surface area contributed by atoms with Crippen molar-refractivity contribution < 1.29 is 32.8 Å². The topological polar surface area (TPSA) is 12.9 Å². The van der Waals surface area contributed by atoms with Gasteiger partial charge in [-0.2, -0.15) is 6.07 Å².